The summed E-state index contributed by atoms with van der Waals surface area (Å²) in [6.07, 6.45) is 1.56. The number of phenols is 1. The Hall–Kier alpha value is -2.82. The fourth-order valence-electron chi connectivity index (χ4n) is 2.22. The number of nitrogens with one attached hydrogen (secondary N) is 1. The molecule has 0 bridgehead atoms. The first-order chi connectivity index (χ1) is 10.9. The molecule has 0 aliphatic carbocycles. The first-order valence-electron chi connectivity index (χ1n) is 7.29. The van der Waals surface area contributed by atoms with Gasteiger partial charge in [0.2, 0.25) is 0 Å². The van der Waals surface area contributed by atoms with Gasteiger partial charge in [-0.1, -0.05) is 6.07 Å². The van der Waals surface area contributed by atoms with E-state index in [0.717, 1.165) is 22.4 Å². The van der Waals surface area contributed by atoms with Crippen LogP contribution in [0.3, 0.4) is 0 Å². The van der Waals surface area contributed by atoms with Crippen LogP contribution in [0.25, 0.3) is 0 Å². The van der Waals surface area contributed by atoms with Gasteiger partial charge in [-0.15, -0.1) is 0 Å². The minimum Gasteiger partial charge on any atom is -0.507 e. The Morgan fingerprint density at radius 3 is 2.43 bits per heavy atom. The Bertz CT molecular complexity index is 729. The van der Waals surface area contributed by atoms with Gasteiger partial charge in [0.1, 0.15) is 5.75 Å². The summed E-state index contributed by atoms with van der Waals surface area (Å²) in [5.41, 5.74) is 6.38. The first kappa shape index (κ1) is 16.5. The van der Waals surface area contributed by atoms with E-state index in [1.807, 2.05) is 57.1 Å². The van der Waals surface area contributed by atoms with Crippen LogP contribution in [0.2, 0.25) is 0 Å². The van der Waals surface area contributed by atoms with Gasteiger partial charge < -0.3 is 10.0 Å². The number of hydrogen-bond donors (Lipinski definition) is 2. The lowest BCUT2D eigenvalue weighted by Gasteiger charge is -2.12. The number of amides is 1. The molecular weight excluding hydrogens is 290 g/mol. The number of hydrazone groups is 1. The van der Waals surface area contributed by atoms with E-state index >= 15 is 0 Å². The second kappa shape index (κ2) is 6.96. The lowest BCUT2D eigenvalue weighted by atomic mass is 10.1. The maximum atomic E-state index is 12.1. The van der Waals surface area contributed by atoms with Crippen LogP contribution in [-0.2, 0) is 0 Å². The van der Waals surface area contributed by atoms with E-state index in [1.165, 1.54) is 0 Å². The highest BCUT2D eigenvalue weighted by atomic mass is 16.3. The summed E-state index contributed by atoms with van der Waals surface area (Å²) in [7, 11) is 3.84. The zero-order valence-corrected chi connectivity index (χ0v) is 13.8. The number of carbonyl (C=O) groups excluding carboxylic acids is 1. The molecule has 0 heterocycles. The number of anilines is 1. The van der Waals surface area contributed by atoms with Crippen LogP contribution in [0.4, 0.5) is 5.69 Å². The van der Waals surface area contributed by atoms with Gasteiger partial charge in [0.15, 0.2) is 0 Å². The van der Waals surface area contributed by atoms with E-state index in [9.17, 15) is 9.90 Å². The minimum atomic E-state index is -0.267. The normalized spacial score (nSPS) is 10.8. The molecule has 120 valence electrons. The Balaban J connectivity index is 2.08. The van der Waals surface area contributed by atoms with Gasteiger partial charge >= 0.3 is 0 Å². The average Bonchev–Trinajstić information content (AvgIpc) is 2.52. The Labute approximate surface area is 136 Å². The summed E-state index contributed by atoms with van der Waals surface area (Å²) >= 11 is 0. The molecule has 0 aliphatic rings. The molecule has 0 saturated carbocycles. The summed E-state index contributed by atoms with van der Waals surface area (Å²) in [6, 6.07) is 10.9. The fourth-order valence-corrected chi connectivity index (χ4v) is 2.22. The lowest BCUT2D eigenvalue weighted by Crippen LogP contribution is -2.18. The number of hydrogen-bond acceptors (Lipinski definition) is 4. The Morgan fingerprint density at radius 1 is 1.17 bits per heavy atom. The van der Waals surface area contributed by atoms with Crippen LogP contribution < -0.4 is 10.3 Å². The molecule has 1 amide bonds. The molecule has 0 spiro atoms. The van der Waals surface area contributed by atoms with Crippen molar-refractivity contribution in [3.63, 3.8) is 0 Å². The third-order valence-corrected chi connectivity index (χ3v) is 3.52. The molecular formula is C18H21N3O2. The number of phenolic OH excluding ortho intramolecular Hbond substituents is 1. The highest BCUT2D eigenvalue weighted by Gasteiger charge is 2.06. The van der Waals surface area contributed by atoms with Crippen molar-refractivity contribution >= 4 is 17.8 Å². The van der Waals surface area contributed by atoms with E-state index in [2.05, 4.69) is 10.5 Å². The van der Waals surface area contributed by atoms with Gasteiger partial charge in [-0.25, -0.2) is 5.43 Å². The monoisotopic (exact) mass is 311 g/mol. The van der Waals surface area contributed by atoms with Crippen LogP contribution in [0.15, 0.2) is 41.5 Å². The van der Waals surface area contributed by atoms with Crippen molar-refractivity contribution in [2.24, 2.45) is 5.10 Å². The second-order valence-corrected chi connectivity index (χ2v) is 5.65. The molecule has 0 saturated heterocycles. The van der Waals surface area contributed by atoms with Gasteiger partial charge in [-0.3, -0.25) is 4.79 Å². The van der Waals surface area contributed by atoms with Crippen molar-refractivity contribution in [3.8, 4) is 5.75 Å². The standard InChI is InChI=1S/C18H21N3O2/c1-12-8-14(9-13(2)17(12)22)11-19-20-18(23)15-6-5-7-16(10-15)21(3)4/h5-11,22H,1-4H3,(H,20,23)/b19-11-. The zero-order valence-electron chi connectivity index (χ0n) is 13.8. The van der Waals surface area contributed by atoms with Gasteiger partial charge in [-0.05, 0) is 60.9 Å². The second-order valence-electron chi connectivity index (χ2n) is 5.65. The summed E-state index contributed by atoms with van der Waals surface area (Å²) in [4.78, 5) is 14.0. The van der Waals surface area contributed by atoms with Crippen LogP contribution >= 0.6 is 0 Å². The first-order valence-corrected chi connectivity index (χ1v) is 7.29. The molecule has 2 aromatic rings. The molecule has 0 unspecified atom stereocenters. The van der Waals surface area contributed by atoms with Crippen molar-refractivity contribution < 1.29 is 9.90 Å². The zero-order chi connectivity index (χ0) is 17.0. The minimum absolute atomic E-state index is 0.267. The van der Waals surface area contributed by atoms with Crippen molar-refractivity contribution in [3.05, 3.63) is 58.7 Å². The predicted molar refractivity (Wildman–Crippen MR) is 93.4 cm³/mol. The molecule has 0 aliphatic heterocycles. The molecule has 23 heavy (non-hydrogen) atoms. The van der Waals surface area contributed by atoms with Crippen molar-refractivity contribution in [2.75, 3.05) is 19.0 Å². The van der Waals surface area contributed by atoms with Gasteiger partial charge in [0.25, 0.3) is 5.91 Å². The van der Waals surface area contributed by atoms with Crippen LogP contribution in [0, 0.1) is 13.8 Å². The predicted octanol–water partition coefficient (Wildman–Crippen LogP) is 2.84. The molecule has 5 heteroatoms. The number of aromatic hydroxyl groups is 1. The summed E-state index contributed by atoms with van der Waals surface area (Å²) < 4.78 is 0. The van der Waals surface area contributed by atoms with E-state index in [4.69, 9.17) is 0 Å². The topological polar surface area (TPSA) is 64.9 Å². The molecule has 0 radical (unpaired) electrons. The van der Waals surface area contributed by atoms with Gasteiger partial charge in [-0.2, -0.15) is 5.10 Å². The van der Waals surface area contributed by atoms with Crippen molar-refractivity contribution in [1.82, 2.24) is 5.43 Å². The smallest absolute Gasteiger partial charge is 0.271 e. The maximum Gasteiger partial charge on any atom is 0.271 e. The van der Waals surface area contributed by atoms with Crippen LogP contribution in [0.1, 0.15) is 27.0 Å². The number of rotatable bonds is 4. The molecule has 0 atom stereocenters. The number of aryl methyl sites for hydroxylation is 2. The lowest BCUT2D eigenvalue weighted by molar-refractivity contribution is 0.0955. The highest BCUT2D eigenvalue weighted by molar-refractivity contribution is 5.95. The van der Waals surface area contributed by atoms with Crippen LogP contribution in [-0.4, -0.2) is 31.3 Å². The highest BCUT2D eigenvalue weighted by Crippen LogP contribution is 2.22. The third kappa shape index (κ3) is 4.10. The molecule has 5 nitrogen and oxygen atoms in total. The summed E-state index contributed by atoms with van der Waals surface area (Å²) in [6.45, 7) is 3.65. The van der Waals surface area contributed by atoms with Gasteiger partial charge in [0, 0.05) is 25.3 Å². The fraction of sp³-hybridized carbons (Fsp3) is 0.222. The largest absolute Gasteiger partial charge is 0.507 e. The number of benzene rings is 2. The molecule has 2 N–H and O–H groups in total. The Kier molecular flexibility index (Phi) is 5.01. The SMILES string of the molecule is Cc1cc(/C=N\NC(=O)c2cccc(N(C)C)c2)cc(C)c1O. The molecule has 0 fully saturated rings. The molecule has 2 rings (SSSR count). The van der Waals surface area contributed by atoms with E-state index in [0.29, 0.717) is 5.56 Å². The van der Waals surface area contributed by atoms with Gasteiger partial charge in [0.05, 0.1) is 6.21 Å². The number of nitrogens with zero attached hydrogens (tertiary/aromatic N) is 2. The quantitative estimate of drug-likeness (QED) is 0.674. The molecule has 0 aromatic heterocycles. The molecule has 2 aromatic carbocycles. The van der Waals surface area contributed by atoms with E-state index in [-0.39, 0.29) is 11.7 Å². The van der Waals surface area contributed by atoms with E-state index < -0.39 is 0 Å². The van der Waals surface area contributed by atoms with E-state index in [1.54, 1.807) is 18.3 Å². The third-order valence-electron chi connectivity index (χ3n) is 3.52. The Morgan fingerprint density at radius 2 is 1.83 bits per heavy atom. The average molecular weight is 311 g/mol. The van der Waals surface area contributed by atoms with Crippen molar-refractivity contribution in [1.29, 1.82) is 0 Å². The van der Waals surface area contributed by atoms with Crippen molar-refractivity contribution in [2.45, 2.75) is 13.8 Å². The maximum absolute atomic E-state index is 12.1. The summed E-state index contributed by atoms with van der Waals surface area (Å²) in [5, 5.41) is 13.7. The summed E-state index contributed by atoms with van der Waals surface area (Å²) in [5.74, 6) is 0.0175. The van der Waals surface area contributed by atoms with Crippen LogP contribution in [0.5, 0.6) is 5.75 Å². The number of carbonyl (C=O) groups is 1.